The van der Waals surface area contributed by atoms with Crippen LogP contribution >= 0.6 is 0 Å². The molecule has 2 aliphatic heterocycles. The van der Waals surface area contributed by atoms with Crippen molar-refractivity contribution in [3.8, 4) is 0 Å². The monoisotopic (exact) mass is 330 g/mol. The minimum absolute atomic E-state index is 0.334. The van der Waals surface area contributed by atoms with E-state index in [0.717, 1.165) is 71.7 Å². The van der Waals surface area contributed by atoms with Gasteiger partial charge in [-0.05, 0) is 25.6 Å². The number of nitrogens with zero attached hydrogens (tertiary/aromatic N) is 4. The molecule has 2 fully saturated rings. The third kappa shape index (κ3) is 4.71. The van der Waals surface area contributed by atoms with E-state index in [1.54, 1.807) is 0 Å². The first-order valence-electron chi connectivity index (χ1n) is 9.21. The number of hydrogen-bond donors (Lipinski definition) is 0. The van der Waals surface area contributed by atoms with Crippen molar-refractivity contribution in [1.82, 2.24) is 14.7 Å². The summed E-state index contributed by atoms with van der Waals surface area (Å²) in [7, 11) is 2.17. The molecule has 0 unspecified atom stereocenters. The summed E-state index contributed by atoms with van der Waals surface area (Å²) in [4.78, 5) is 21.0. The summed E-state index contributed by atoms with van der Waals surface area (Å²) < 4.78 is 0. The molecule has 132 valence electrons. The molecule has 3 rings (SSSR count). The number of anilines is 1. The summed E-state index contributed by atoms with van der Waals surface area (Å²) in [6.07, 6.45) is 1.78. The third-order valence-corrected chi connectivity index (χ3v) is 5.21. The molecule has 0 saturated carbocycles. The molecule has 0 N–H and O–H groups in total. The molecule has 0 atom stereocenters. The van der Waals surface area contributed by atoms with Gasteiger partial charge in [-0.25, -0.2) is 0 Å². The van der Waals surface area contributed by atoms with Crippen molar-refractivity contribution in [3.63, 3.8) is 0 Å². The lowest BCUT2D eigenvalue weighted by atomic mass is 10.2. The third-order valence-electron chi connectivity index (χ3n) is 5.21. The topological polar surface area (TPSA) is 30.0 Å². The molecular formula is C19H30N4O. The number of hydrogen-bond acceptors (Lipinski definition) is 4. The number of piperazine rings is 1. The number of carbonyl (C=O) groups is 1. The second-order valence-electron chi connectivity index (χ2n) is 6.95. The fourth-order valence-electron chi connectivity index (χ4n) is 3.52. The summed E-state index contributed by atoms with van der Waals surface area (Å²) in [5, 5.41) is 0. The second-order valence-corrected chi connectivity index (χ2v) is 6.95. The highest BCUT2D eigenvalue weighted by atomic mass is 16.2. The molecule has 1 amide bonds. The number of para-hydroxylation sites is 1. The molecule has 0 radical (unpaired) electrons. The average Bonchev–Trinajstić information content (AvgIpc) is 3.04. The van der Waals surface area contributed by atoms with Crippen molar-refractivity contribution in [2.75, 3.05) is 70.9 Å². The van der Waals surface area contributed by atoms with E-state index in [-0.39, 0.29) is 0 Å². The highest BCUT2D eigenvalue weighted by molar-refractivity contribution is 5.78. The summed E-state index contributed by atoms with van der Waals surface area (Å²) in [5.74, 6) is 0.334. The Morgan fingerprint density at radius 1 is 0.958 bits per heavy atom. The van der Waals surface area contributed by atoms with Gasteiger partial charge in [0.15, 0.2) is 0 Å². The molecule has 0 bridgehead atoms. The van der Waals surface area contributed by atoms with E-state index in [4.69, 9.17) is 0 Å². The zero-order valence-electron chi connectivity index (χ0n) is 14.9. The molecular weight excluding hydrogens is 300 g/mol. The zero-order valence-corrected chi connectivity index (χ0v) is 14.9. The smallest absolute Gasteiger partial charge is 0.222 e. The molecule has 24 heavy (non-hydrogen) atoms. The van der Waals surface area contributed by atoms with Gasteiger partial charge in [0, 0.05) is 71.0 Å². The van der Waals surface area contributed by atoms with Crippen LogP contribution in [-0.2, 0) is 4.79 Å². The number of likely N-dealkylation sites (tertiary alicyclic amines) is 1. The second kappa shape index (κ2) is 8.49. The van der Waals surface area contributed by atoms with E-state index in [2.05, 4.69) is 52.1 Å². The van der Waals surface area contributed by atoms with Crippen LogP contribution in [-0.4, -0.2) is 86.6 Å². The van der Waals surface area contributed by atoms with Gasteiger partial charge in [0.1, 0.15) is 0 Å². The average molecular weight is 330 g/mol. The number of rotatable bonds is 7. The van der Waals surface area contributed by atoms with Gasteiger partial charge in [0.2, 0.25) is 5.91 Å². The van der Waals surface area contributed by atoms with Gasteiger partial charge in [-0.15, -0.1) is 0 Å². The van der Waals surface area contributed by atoms with Crippen LogP contribution in [0.4, 0.5) is 5.69 Å². The summed E-state index contributed by atoms with van der Waals surface area (Å²) in [6.45, 7) is 9.49. The van der Waals surface area contributed by atoms with Crippen LogP contribution in [0.1, 0.15) is 12.8 Å². The van der Waals surface area contributed by atoms with Crippen molar-refractivity contribution in [2.45, 2.75) is 12.8 Å². The van der Waals surface area contributed by atoms with Crippen molar-refractivity contribution in [2.24, 2.45) is 0 Å². The predicted octanol–water partition coefficient (Wildman–Crippen LogP) is 1.36. The van der Waals surface area contributed by atoms with Crippen LogP contribution in [0.5, 0.6) is 0 Å². The van der Waals surface area contributed by atoms with Crippen molar-refractivity contribution < 1.29 is 4.79 Å². The van der Waals surface area contributed by atoms with Gasteiger partial charge < -0.3 is 14.7 Å². The summed E-state index contributed by atoms with van der Waals surface area (Å²) >= 11 is 0. The first-order chi connectivity index (χ1) is 11.7. The SMILES string of the molecule is CN(CCN1CCN(c2ccccc2)CC1)CCN1CCCC1=O. The maximum atomic E-state index is 11.6. The van der Waals surface area contributed by atoms with Crippen LogP contribution in [0.3, 0.4) is 0 Å². The van der Waals surface area contributed by atoms with E-state index < -0.39 is 0 Å². The summed E-state index contributed by atoms with van der Waals surface area (Å²) in [6, 6.07) is 10.7. The first-order valence-corrected chi connectivity index (χ1v) is 9.21. The van der Waals surface area contributed by atoms with Gasteiger partial charge >= 0.3 is 0 Å². The van der Waals surface area contributed by atoms with Crippen LogP contribution in [0, 0.1) is 0 Å². The Bertz CT molecular complexity index is 513. The fraction of sp³-hybridized carbons (Fsp3) is 0.632. The summed E-state index contributed by atoms with van der Waals surface area (Å²) in [5.41, 5.74) is 1.34. The maximum Gasteiger partial charge on any atom is 0.222 e. The molecule has 1 aromatic carbocycles. The molecule has 0 aromatic heterocycles. The molecule has 0 aliphatic carbocycles. The van der Waals surface area contributed by atoms with Crippen LogP contribution in [0.2, 0.25) is 0 Å². The molecule has 2 heterocycles. The standard InChI is InChI=1S/C19H30N4O/c1-20(11-15-23-9-5-8-19(23)24)10-12-21-13-16-22(17-14-21)18-6-3-2-4-7-18/h2-4,6-7H,5,8-17H2,1H3. The van der Waals surface area contributed by atoms with E-state index >= 15 is 0 Å². The van der Waals surface area contributed by atoms with Crippen molar-refractivity contribution >= 4 is 11.6 Å². The van der Waals surface area contributed by atoms with E-state index in [1.807, 2.05) is 4.90 Å². The number of amides is 1. The van der Waals surface area contributed by atoms with Crippen LogP contribution in [0.15, 0.2) is 30.3 Å². The maximum absolute atomic E-state index is 11.6. The van der Waals surface area contributed by atoms with Gasteiger partial charge in [0.25, 0.3) is 0 Å². The highest BCUT2D eigenvalue weighted by Crippen LogP contribution is 2.15. The number of benzene rings is 1. The lowest BCUT2D eigenvalue weighted by molar-refractivity contribution is -0.127. The number of likely N-dealkylation sites (N-methyl/N-ethyl adjacent to an activating group) is 1. The van der Waals surface area contributed by atoms with Crippen molar-refractivity contribution in [3.05, 3.63) is 30.3 Å². The largest absolute Gasteiger partial charge is 0.369 e. The lowest BCUT2D eigenvalue weighted by Gasteiger charge is -2.36. The quantitative estimate of drug-likeness (QED) is 0.755. The zero-order chi connectivity index (χ0) is 16.8. The van der Waals surface area contributed by atoms with Crippen LogP contribution < -0.4 is 4.90 Å². The molecule has 1 aromatic rings. The van der Waals surface area contributed by atoms with Gasteiger partial charge in [0.05, 0.1) is 0 Å². The van der Waals surface area contributed by atoms with E-state index in [1.165, 1.54) is 5.69 Å². The van der Waals surface area contributed by atoms with E-state index in [9.17, 15) is 4.79 Å². The van der Waals surface area contributed by atoms with Gasteiger partial charge in [-0.1, -0.05) is 18.2 Å². The minimum atomic E-state index is 0.334. The van der Waals surface area contributed by atoms with E-state index in [0.29, 0.717) is 5.91 Å². The molecule has 2 saturated heterocycles. The van der Waals surface area contributed by atoms with Gasteiger partial charge in [-0.2, -0.15) is 0 Å². The normalized spacial score (nSPS) is 19.5. The van der Waals surface area contributed by atoms with Crippen LogP contribution in [0.25, 0.3) is 0 Å². The Labute approximate surface area is 145 Å². The lowest BCUT2D eigenvalue weighted by Crippen LogP contribution is -2.48. The highest BCUT2D eigenvalue weighted by Gasteiger charge is 2.20. The Balaban J connectivity index is 1.32. The fourth-order valence-corrected chi connectivity index (χ4v) is 3.52. The Kier molecular flexibility index (Phi) is 6.10. The Morgan fingerprint density at radius 3 is 2.33 bits per heavy atom. The minimum Gasteiger partial charge on any atom is -0.369 e. The molecule has 5 nitrogen and oxygen atoms in total. The Hall–Kier alpha value is -1.59. The Morgan fingerprint density at radius 2 is 1.67 bits per heavy atom. The number of carbonyl (C=O) groups excluding carboxylic acids is 1. The van der Waals surface area contributed by atoms with Gasteiger partial charge in [-0.3, -0.25) is 9.69 Å². The molecule has 0 spiro atoms. The predicted molar refractivity (Wildman–Crippen MR) is 98.4 cm³/mol. The first kappa shape index (κ1) is 17.2. The molecule has 2 aliphatic rings. The van der Waals surface area contributed by atoms with Crippen molar-refractivity contribution in [1.29, 1.82) is 0 Å². The molecule has 5 heteroatoms.